The SMILES string of the molecule is C[C@@H]1CN(c2ccnc3ccsc23)CCCO1. The molecule has 0 aliphatic carbocycles. The van der Waals surface area contributed by atoms with Gasteiger partial charge in [-0.05, 0) is 30.9 Å². The number of anilines is 1. The summed E-state index contributed by atoms with van der Waals surface area (Å²) in [6, 6.07) is 4.21. The highest BCUT2D eigenvalue weighted by Crippen LogP contribution is 2.30. The van der Waals surface area contributed by atoms with Crippen molar-refractivity contribution >= 4 is 27.2 Å². The zero-order chi connectivity index (χ0) is 11.7. The van der Waals surface area contributed by atoms with Crippen molar-refractivity contribution in [2.24, 2.45) is 0 Å². The Morgan fingerprint density at radius 1 is 1.47 bits per heavy atom. The number of aromatic nitrogens is 1. The maximum atomic E-state index is 5.69. The molecule has 0 saturated carbocycles. The van der Waals surface area contributed by atoms with E-state index in [2.05, 4.69) is 34.3 Å². The molecule has 2 aromatic rings. The number of thiophene rings is 1. The fraction of sp³-hybridized carbons (Fsp3) is 0.462. The third-order valence-corrected chi connectivity index (χ3v) is 4.04. The molecule has 3 rings (SSSR count). The van der Waals surface area contributed by atoms with Gasteiger partial charge in [-0.1, -0.05) is 0 Å². The number of rotatable bonds is 1. The Kier molecular flexibility index (Phi) is 2.99. The first kappa shape index (κ1) is 11.0. The van der Waals surface area contributed by atoms with Gasteiger partial charge in [0, 0.05) is 25.9 Å². The Hall–Kier alpha value is -1.13. The molecule has 90 valence electrons. The number of hydrogen-bond donors (Lipinski definition) is 0. The lowest BCUT2D eigenvalue weighted by atomic mass is 10.2. The van der Waals surface area contributed by atoms with Crippen LogP contribution in [0.15, 0.2) is 23.7 Å². The Labute approximate surface area is 105 Å². The minimum atomic E-state index is 0.306. The second kappa shape index (κ2) is 4.63. The second-order valence-electron chi connectivity index (χ2n) is 4.45. The highest BCUT2D eigenvalue weighted by Gasteiger charge is 2.17. The molecule has 1 atom stereocenters. The average Bonchev–Trinajstić information content (AvgIpc) is 2.71. The van der Waals surface area contributed by atoms with Crippen LogP contribution in [0.4, 0.5) is 5.69 Å². The third kappa shape index (κ3) is 2.15. The van der Waals surface area contributed by atoms with Crippen molar-refractivity contribution in [2.75, 3.05) is 24.6 Å². The van der Waals surface area contributed by atoms with Crippen LogP contribution in [0.1, 0.15) is 13.3 Å². The molecule has 3 nitrogen and oxygen atoms in total. The topological polar surface area (TPSA) is 25.4 Å². The van der Waals surface area contributed by atoms with Crippen LogP contribution >= 0.6 is 11.3 Å². The zero-order valence-corrected chi connectivity index (χ0v) is 10.7. The maximum Gasteiger partial charge on any atom is 0.0830 e. The average molecular weight is 248 g/mol. The van der Waals surface area contributed by atoms with Crippen molar-refractivity contribution in [3.63, 3.8) is 0 Å². The predicted octanol–water partition coefficient (Wildman–Crippen LogP) is 2.91. The summed E-state index contributed by atoms with van der Waals surface area (Å²) >= 11 is 1.77. The molecule has 1 saturated heterocycles. The number of ether oxygens (including phenoxy) is 1. The molecule has 0 radical (unpaired) electrons. The van der Waals surface area contributed by atoms with Crippen molar-refractivity contribution in [2.45, 2.75) is 19.4 Å². The summed E-state index contributed by atoms with van der Waals surface area (Å²) in [7, 11) is 0. The van der Waals surface area contributed by atoms with E-state index in [1.165, 1.54) is 10.4 Å². The molecule has 1 aliphatic heterocycles. The maximum absolute atomic E-state index is 5.69. The molecule has 17 heavy (non-hydrogen) atoms. The largest absolute Gasteiger partial charge is 0.377 e. The van der Waals surface area contributed by atoms with Crippen molar-refractivity contribution < 1.29 is 4.74 Å². The van der Waals surface area contributed by atoms with Crippen molar-refractivity contribution in [1.82, 2.24) is 4.98 Å². The first-order valence-electron chi connectivity index (χ1n) is 6.03. The van der Waals surface area contributed by atoms with E-state index in [1.54, 1.807) is 11.3 Å². The van der Waals surface area contributed by atoms with Gasteiger partial charge in [-0.3, -0.25) is 4.98 Å². The summed E-state index contributed by atoms with van der Waals surface area (Å²) in [5.74, 6) is 0. The second-order valence-corrected chi connectivity index (χ2v) is 5.36. The van der Waals surface area contributed by atoms with Crippen molar-refractivity contribution in [3.8, 4) is 0 Å². The molecular formula is C13H16N2OS. The molecule has 3 heterocycles. The quantitative estimate of drug-likeness (QED) is 0.776. The van der Waals surface area contributed by atoms with E-state index in [9.17, 15) is 0 Å². The highest BCUT2D eigenvalue weighted by molar-refractivity contribution is 7.17. The lowest BCUT2D eigenvalue weighted by Gasteiger charge is -2.24. The lowest BCUT2D eigenvalue weighted by Crippen LogP contribution is -2.30. The van der Waals surface area contributed by atoms with Crippen molar-refractivity contribution in [3.05, 3.63) is 23.7 Å². The molecule has 2 aromatic heterocycles. The van der Waals surface area contributed by atoms with Crippen LogP contribution in [-0.4, -0.2) is 30.8 Å². The van der Waals surface area contributed by atoms with E-state index >= 15 is 0 Å². The van der Waals surface area contributed by atoms with Gasteiger partial charge in [0.05, 0.1) is 22.0 Å². The summed E-state index contributed by atoms with van der Waals surface area (Å²) in [4.78, 5) is 6.82. The highest BCUT2D eigenvalue weighted by atomic mass is 32.1. The molecule has 0 spiro atoms. The molecule has 0 N–H and O–H groups in total. The first-order chi connectivity index (χ1) is 8.34. The van der Waals surface area contributed by atoms with Crippen LogP contribution in [0.2, 0.25) is 0 Å². The molecule has 0 amide bonds. The van der Waals surface area contributed by atoms with E-state index in [0.717, 1.165) is 31.6 Å². The summed E-state index contributed by atoms with van der Waals surface area (Å²) in [6.45, 7) is 5.06. The summed E-state index contributed by atoms with van der Waals surface area (Å²) in [6.07, 6.45) is 3.31. The number of fused-ring (bicyclic) bond motifs is 1. The zero-order valence-electron chi connectivity index (χ0n) is 9.93. The lowest BCUT2D eigenvalue weighted by molar-refractivity contribution is 0.0821. The number of pyridine rings is 1. The molecule has 1 aliphatic rings. The van der Waals surface area contributed by atoms with Gasteiger partial charge in [0.1, 0.15) is 0 Å². The number of nitrogens with zero attached hydrogens (tertiary/aromatic N) is 2. The fourth-order valence-electron chi connectivity index (χ4n) is 2.32. The van der Waals surface area contributed by atoms with E-state index < -0.39 is 0 Å². The monoisotopic (exact) mass is 248 g/mol. The van der Waals surface area contributed by atoms with Gasteiger partial charge in [-0.15, -0.1) is 11.3 Å². The number of hydrogen-bond acceptors (Lipinski definition) is 4. The Balaban J connectivity index is 1.99. The minimum absolute atomic E-state index is 0.306. The van der Waals surface area contributed by atoms with Gasteiger partial charge in [-0.2, -0.15) is 0 Å². The fourth-order valence-corrected chi connectivity index (χ4v) is 3.21. The summed E-state index contributed by atoms with van der Waals surface area (Å²) in [5, 5.41) is 2.11. The first-order valence-corrected chi connectivity index (χ1v) is 6.91. The van der Waals surface area contributed by atoms with Gasteiger partial charge in [0.15, 0.2) is 0 Å². The molecular weight excluding hydrogens is 232 g/mol. The van der Waals surface area contributed by atoms with Gasteiger partial charge < -0.3 is 9.64 Å². The normalized spacial score (nSPS) is 21.7. The Morgan fingerprint density at radius 2 is 2.41 bits per heavy atom. The molecule has 0 unspecified atom stereocenters. The van der Waals surface area contributed by atoms with Gasteiger partial charge in [0.25, 0.3) is 0 Å². The summed E-state index contributed by atoms with van der Waals surface area (Å²) < 4.78 is 6.99. The molecule has 0 aromatic carbocycles. The standard InChI is InChI=1S/C13H16N2OS/c1-10-9-15(6-2-7-16-10)12-3-5-14-11-4-8-17-13(11)12/h3-5,8,10H,2,6-7,9H2,1H3/t10-/m1/s1. The molecule has 1 fully saturated rings. The van der Waals surface area contributed by atoms with Crippen LogP contribution in [-0.2, 0) is 4.74 Å². The molecule has 0 bridgehead atoms. The Bertz CT molecular complexity index is 511. The third-order valence-electron chi connectivity index (χ3n) is 3.12. The van der Waals surface area contributed by atoms with E-state index in [1.807, 2.05) is 6.20 Å². The minimum Gasteiger partial charge on any atom is -0.377 e. The van der Waals surface area contributed by atoms with Crippen molar-refractivity contribution in [1.29, 1.82) is 0 Å². The molecule has 4 heteroatoms. The van der Waals surface area contributed by atoms with Gasteiger partial charge in [-0.25, -0.2) is 0 Å². The van der Waals surface area contributed by atoms with Crippen LogP contribution in [0.5, 0.6) is 0 Å². The van der Waals surface area contributed by atoms with E-state index in [0.29, 0.717) is 6.10 Å². The van der Waals surface area contributed by atoms with Crippen LogP contribution < -0.4 is 4.90 Å². The van der Waals surface area contributed by atoms with E-state index in [-0.39, 0.29) is 0 Å². The van der Waals surface area contributed by atoms with Gasteiger partial charge >= 0.3 is 0 Å². The van der Waals surface area contributed by atoms with Crippen LogP contribution in [0.3, 0.4) is 0 Å². The van der Waals surface area contributed by atoms with Crippen LogP contribution in [0.25, 0.3) is 10.2 Å². The predicted molar refractivity (Wildman–Crippen MR) is 71.9 cm³/mol. The Morgan fingerprint density at radius 3 is 3.35 bits per heavy atom. The van der Waals surface area contributed by atoms with Crippen LogP contribution in [0, 0.1) is 0 Å². The van der Waals surface area contributed by atoms with E-state index in [4.69, 9.17) is 4.74 Å². The smallest absolute Gasteiger partial charge is 0.0830 e. The summed E-state index contributed by atoms with van der Waals surface area (Å²) in [5.41, 5.74) is 2.41. The van der Waals surface area contributed by atoms with Gasteiger partial charge in [0.2, 0.25) is 0 Å².